The summed E-state index contributed by atoms with van der Waals surface area (Å²) in [6.45, 7) is 0.251. The number of thiophene rings is 1. The number of carbonyl (C=O) groups excluding carboxylic acids is 1. The maximum Gasteiger partial charge on any atom is 0.322 e. The number of halogens is 1. The Balaban J connectivity index is 1.51. The lowest BCUT2D eigenvalue weighted by Gasteiger charge is -2.21. The number of anilines is 1. The van der Waals surface area contributed by atoms with E-state index in [0.717, 1.165) is 11.3 Å². The monoisotopic (exact) mass is 439 g/mol. The lowest BCUT2D eigenvalue weighted by molar-refractivity contribution is -0.119. The Labute approximate surface area is 169 Å². The van der Waals surface area contributed by atoms with Crippen LogP contribution in [0.2, 0.25) is 4.34 Å². The first-order valence-electron chi connectivity index (χ1n) is 8.27. The highest BCUT2D eigenvalue weighted by Crippen LogP contribution is 2.32. The maximum atomic E-state index is 12.8. The van der Waals surface area contributed by atoms with Crippen molar-refractivity contribution in [2.45, 2.75) is 23.1 Å². The Bertz CT molecular complexity index is 1100. The summed E-state index contributed by atoms with van der Waals surface area (Å²) in [7, 11) is -3.81. The highest BCUT2D eigenvalue weighted by atomic mass is 35.5. The molecule has 0 aromatic carbocycles. The van der Waals surface area contributed by atoms with Gasteiger partial charge in [0.25, 0.3) is 15.9 Å². The van der Waals surface area contributed by atoms with E-state index >= 15 is 0 Å². The summed E-state index contributed by atoms with van der Waals surface area (Å²) in [6.07, 6.45) is 4.13. The molecule has 1 atom stereocenters. The molecule has 0 spiro atoms. The summed E-state index contributed by atoms with van der Waals surface area (Å²) in [4.78, 5) is 16.6. The van der Waals surface area contributed by atoms with Crippen molar-refractivity contribution in [3.8, 4) is 11.5 Å². The van der Waals surface area contributed by atoms with Crippen LogP contribution in [0.4, 0.5) is 6.01 Å². The van der Waals surface area contributed by atoms with Crippen LogP contribution in [0.5, 0.6) is 0 Å². The van der Waals surface area contributed by atoms with Crippen LogP contribution < -0.4 is 5.32 Å². The average molecular weight is 440 g/mol. The number of rotatable bonds is 5. The molecule has 0 aliphatic carbocycles. The summed E-state index contributed by atoms with van der Waals surface area (Å²) in [5.74, 6) is -0.322. The molecule has 0 saturated carbocycles. The van der Waals surface area contributed by atoms with Crippen molar-refractivity contribution < 1.29 is 17.6 Å². The van der Waals surface area contributed by atoms with Crippen LogP contribution in [0.25, 0.3) is 11.5 Å². The largest absolute Gasteiger partial charge is 0.403 e. The van der Waals surface area contributed by atoms with Gasteiger partial charge in [-0.1, -0.05) is 16.7 Å². The van der Waals surface area contributed by atoms with Gasteiger partial charge in [-0.15, -0.1) is 16.4 Å². The molecule has 0 radical (unpaired) electrons. The minimum atomic E-state index is -3.81. The molecule has 1 fully saturated rings. The zero-order valence-electron chi connectivity index (χ0n) is 14.3. The van der Waals surface area contributed by atoms with E-state index in [2.05, 4.69) is 20.5 Å². The lowest BCUT2D eigenvalue weighted by atomic mass is 10.2. The standard InChI is InChI=1S/C16H14ClN5O4S2/c17-12-5-6-13(27-12)28(24,25)22-8-2-4-11(22)14(23)19-16-21-20-15(26-16)10-3-1-7-18-9-10/h1,3,5-7,9,11H,2,4,8H2,(H,19,21,23). The molecule has 0 bridgehead atoms. The predicted molar refractivity (Wildman–Crippen MR) is 102 cm³/mol. The van der Waals surface area contributed by atoms with Gasteiger partial charge in [0.1, 0.15) is 10.3 Å². The molecule has 1 unspecified atom stereocenters. The quantitative estimate of drug-likeness (QED) is 0.649. The predicted octanol–water partition coefficient (Wildman–Crippen LogP) is 2.64. The van der Waals surface area contributed by atoms with Crippen LogP contribution in [0.15, 0.2) is 45.3 Å². The third-order valence-electron chi connectivity index (χ3n) is 4.18. The molecule has 12 heteroatoms. The van der Waals surface area contributed by atoms with Crippen LogP contribution in [0.1, 0.15) is 12.8 Å². The summed E-state index contributed by atoms with van der Waals surface area (Å²) >= 11 is 6.81. The highest BCUT2D eigenvalue weighted by molar-refractivity contribution is 7.91. The number of amides is 1. The molecule has 9 nitrogen and oxygen atoms in total. The number of nitrogens with one attached hydrogen (secondary N) is 1. The van der Waals surface area contributed by atoms with E-state index in [0.29, 0.717) is 22.7 Å². The lowest BCUT2D eigenvalue weighted by Crippen LogP contribution is -2.42. The van der Waals surface area contributed by atoms with Gasteiger partial charge in [-0.05, 0) is 37.1 Å². The van der Waals surface area contributed by atoms with Gasteiger partial charge < -0.3 is 4.42 Å². The fourth-order valence-electron chi connectivity index (χ4n) is 2.91. The molecule has 1 saturated heterocycles. The second kappa shape index (κ2) is 7.59. The van der Waals surface area contributed by atoms with Crippen LogP contribution in [0, 0.1) is 0 Å². The molecule has 1 N–H and O–H groups in total. The van der Waals surface area contributed by atoms with Crippen LogP contribution in [0.3, 0.4) is 0 Å². The van der Waals surface area contributed by atoms with Gasteiger partial charge in [-0.3, -0.25) is 15.1 Å². The van der Waals surface area contributed by atoms with E-state index in [-0.39, 0.29) is 22.7 Å². The Kier molecular flexibility index (Phi) is 5.15. The first-order valence-corrected chi connectivity index (χ1v) is 10.9. The SMILES string of the molecule is O=C(Nc1nnc(-c2cccnc2)o1)C1CCCN1S(=O)(=O)c1ccc(Cl)s1. The molecule has 146 valence electrons. The molecular formula is C16H14ClN5O4S2. The fourth-order valence-corrected chi connectivity index (χ4v) is 6.18. The first-order chi connectivity index (χ1) is 13.4. The summed E-state index contributed by atoms with van der Waals surface area (Å²) in [5.41, 5.74) is 0.607. The average Bonchev–Trinajstić information content (AvgIpc) is 3.43. The molecule has 1 aliphatic heterocycles. The number of sulfonamides is 1. The second-order valence-corrected chi connectivity index (χ2v) is 9.81. The third kappa shape index (κ3) is 3.65. The number of carbonyl (C=O) groups is 1. The van der Waals surface area contributed by atoms with Gasteiger partial charge in [0.2, 0.25) is 5.91 Å². The van der Waals surface area contributed by atoms with E-state index in [4.69, 9.17) is 16.0 Å². The number of hydrogen-bond donors (Lipinski definition) is 1. The van der Waals surface area contributed by atoms with Gasteiger partial charge in [0, 0.05) is 18.9 Å². The normalized spacial score (nSPS) is 17.7. The van der Waals surface area contributed by atoms with Gasteiger partial charge in [-0.25, -0.2) is 8.42 Å². The van der Waals surface area contributed by atoms with Gasteiger partial charge >= 0.3 is 6.01 Å². The van der Waals surface area contributed by atoms with E-state index in [9.17, 15) is 13.2 Å². The fraction of sp³-hybridized carbons (Fsp3) is 0.250. The number of pyridine rings is 1. The van der Waals surface area contributed by atoms with Gasteiger partial charge in [-0.2, -0.15) is 4.31 Å². The van der Waals surface area contributed by atoms with Crippen molar-refractivity contribution in [3.63, 3.8) is 0 Å². The summed E-state index contributed by atoms with van der Waals surface area (Å²) in [5, 5.41) is 10.2. The number of aromatic nitrogens is 3. The number of nitrogens with zero attached hydrogens (tertiary/aromatic N) is 4. The Morgan fingerprint density at radius 2 is 2.18 bits per heavy atom. The molecule has 3 aromatic heterocycles. The number of hydrogen-bond acceptors (Lipinski definition) is 8. The van der Waals surface area contributed by atoms with E-state index in [1.165, 1.54) is 16.4 Å². The molecule has 3 aromatic rings. The minimum absolute atomic E-state index is 0.104. The van der Waals surface area contributed by atoms with E-state index in [1.54, 1.807) is 24.5 Å². The Morgan fingerprint density at radius 3 is 2.89 bits per heavy atom. The van der Waals surface area contributed by atoms with Crippen molar-refractivity contribution in [1.29, 1.82) is 0 Å². The van der Waals surface area contributed by atoms with Crippen LogP contribution >= 0.6 is 22.9 Å². The van der Waals surface area contributed by atoms with Crippen LogP contribution in [-0.4, -0.2) is 46.4 Å². The van der Waals surface area contributed by atoms with E-state index < -0.39 is 22.0 Å². The maximum absolute atomic E-state index is 12.8. The molecule has 1 aliphatic rings. The van der Waals surface area contributed by atoms with Crippen molar-refractivity contribution >= 4 is 44.9 Å². The molecular weight excluding hydrogens is 426 g/mol. The van der Waals surface area contributed by atoms with Crippen LogP contribution in [-0.2, 0) is 14.8 Å². The molecule has 28 heavy (non-hydrogen) atoms. The molecule has 1 amide bonds. The zero-order chi connectivity index (χ0) is 19.7. The van der Waals surface area contributed by atoms with Crippen molar-refractivity contribution in [3.05, 3.63) is 41.0 Å². The van der Waals surface area contributed by atoms with Crippen molar-refractivity contribution in [2.24, 2.45) is 0 Å². The van der Waals surface area contributed by atoms with Crippen molar-refractivity contribution in [1.82, 2.24) is 19.5 Å². The second-order valence-electron chi connectivity index (χ2n) is 5.98. The van der Waals surface area contributed by atoms with E-state index in [1.807, 2.05) is 0 Å². The van der Waals surface area contributed by atoms with Gasteiger partial charge in [0.15, 0.2) is 0 Å². The summed E-state index contributed by atoms with van der Waals surface area (Å²) in [6, 6.07) is 5.45. The summed E-state index contributed by atoms with van der Waals surface area (Å²) < 4.78 is 32.8. The third-order valence-corrected chi connectivity index (χ3v) is 7.79. The highest BCUT2D eigenvalue weighted by Gasteiger charge is 2.40. The first kappa shape index (κ1) is 19.0. The molecule has 4 heterocycles. The Morgan fingerprint density at radius 1 is 1.32 bits per heavy atom. The van der Waals surface area contributed by atoms with Gasteiger partial charge in [0.05, 0.1) is 9.90 Å². The van der Waals surface area contributed by atoms with Crippen molar-refractivity contribution in [2.75, 3.05) is 11.9 Å². The smallest absolute Gasteiger partial charge is 0.322 e. The molecule has 4 rings (SSSR count). The topological polar surface area (TPSA) is 118 Å². The zero-order valence-corrected chi connectivity index (χ0v) is 16.7. The Hall–Kier alpha value is -2.34. The minimum Gasteiger partial charge on any atom is -0.403 e.